The topological polar surface area (TPSA) is 213 Å². The van der Waals surface area contributed by atoms with Crippen molar-refractivity contribution in [3.05, 3.63) is 22.7 Å². The number of quaternary nitrogens is 1. The number of aliphatic hydroxyl groups excluding tert-OH is 2. The number of aromatic nitrogens is 2. The standard InChI is InChI=1S/C14H26N4O11P2/c1-18(2,3)6-7-26-30(22,23)29-31(24,25)27-8-9-11(19)12(20)13(28-9)17-5-4-10(15)16-14(17)21/h4-5,9,11-13,19-20H,6-8H2,1-3H3,(H3-,15,16,21,22,23,24,25)/p+1/t9-,11-,12-,13-/m1/s1/i18+1. The average Bonchev–Trinajstić information content (AvgIpc) is 2.86. The normalized spacial score (nSPS) is 28.2. The van der Waals surface area contributed by atoms with Crippen LogP contribution in [0.4, 0.5) is 5.82 Å². The van der Waals surface area contributed by atoms with E-state index in [-0.39, 0.29) is 12.4 Å². The number of nitrogens with two attached hydrogens (primary N) is 1. The summed E-state index contributed by atoms with van der Waals surface area (Å²) in [4.78, 5) is 34.7. The van der Waals surface area contributed by atoms with Crippen LogP contribution in [0.15, 0.2) is 17.1 Å². The third-order valence-corrected chi connectivity index (χ3v) is 6.72. The van der Waals surface area contributed by atoms with Crippen LogP contribution in [-0.4, -0.2) is 93.2 Å². The highest BCUT2D eigenvalue weighted by atomic mass is 31.3. The number of likely N-dealkylation sites (N-methyl/N-ethyl adjacent to an activating group) is 1. The number of ether oxygens (including phenoxy) is 1. The molecule has 2 unspecified atom stereocenters. The first-order chi connectivity index (χ1) is 14.1. The van der Waals surface area contributed by atoms with Gasteiger partial charge in [0, 0.05) is 6.20 Å². The summed E-state index contributed by atoms with van der Waals surface area (Å²) in [6.07, 6.45) is -4.82. The molecule has 1 saturated heterocycles. The fourth-order valence-electron chi connectivity index (χ4n) is 2.49. The molecular formula is C14H27N4O11P2+. The van der Waals surface area contributed by atoms with Gasteiger partial charge in [-0.05, 0) is 6.07 Å². The molecular weight excluding hydrogens is 463 g/mol. The van der Waals surface area contributed by atoms with Crippen LogP contribution in [0.1, 0.15) is 6.23 Å². The Balaban J connectivity index is 1.96. The van der Waals surface area contributed by atoms with E-state index in [9.17, 15) is 33.9 Å². The summed E-state index contributed by atoms with van der Waals surface area (Å²) >= 11 is 0. The van der Waals surface area contributed by atoms with Crippen molar-refractivity contribution in [2.75, 3.05) is 46.6 Å². The van der Waals surface area contributed by atoms with Crippen molar-refractivity contribution >= 4 is 21.5 Å². The highest BCUT2D eigenvalue weighted by molar-refractivity contribution is 7.61. The molecule has 1 aliphatic rings. The zero-order valence-corrected chi connectivity index (χ0v) is 18.8. The van der Waals surface area contributed by atoms with E-state index in [0.717, 1.165) is 4.57 Å². The smallest absolute Gasteiger partial charge is 0.387 e. The minimum Gasteiger partial charge on any atom is -0.387 e. The first-order valence-electron chi connectivity index (χ1n) is 8.93. The van der Waals surface area contributed by atoms with Crippen LogP contribution in [0.5, 0.6) is 0 Å². The van der Waals surface area contributed by atoms with Gasteiger partial charge in [-0.1, -0.05) is 0 Å². The van der Waals surface area contributed by atoms with Gasteiger partial charge in [0.2, 0.25) is 0 Å². The Morgan fingerprint density at radius 3 is 2.39 bits per heavy atom. The SMILES string of the molecule is C[15N+](C)(C)CCOP(=O)(O)OP(=O)(O)OC[C@H]1O[C@@H](n2ccc(N)nc2=O)[C@H](O)[C@@H]1O. The number of hydrogen-bond donors (Lipinski definition) is 5. The highest BCUT2D eigenvalue weighted by Gasteiger charge is 2.46. The second kappa shape index (κ2) is 9.73. The molecule has 0 spiro atoms. The fraction of sp³-hybridized carbons (Fsp3) is 0.714. The number of nitrogen functional groups attached to an aromatic ring is 1. The van der Waals surface area contributed by atoms with Crippen LogP contribution in [0.3, 0.4) is 0 Å². The lowest BCUT2D eigenvalue weighted by Crippen LogP contribution is -2.37. The quantitative estimate of drug-likeness (QED) is 0.142. The maximum Gasteiger partial charge on any atom is 0.481 e. The maximum atomic E-state index is 12.0. The van der Waals surface area contributed by atoms with E-state index in [4.69, 9.17) is 10.5 Å². The lowest BCUT2D eigenvalue weighted by Gasteiger charge is -2.24. The second-order valence-electron chi connectivity index (χ2n) is 7.75. The molecule has 2 heterocycles. The molecule has 0 aliphatic carbocycles. The number of nitrogens with zero attached hydrogens (tertiary/aromatic N) is 3. The van der Waals surface area contributed by atoms with Gasteiger partial charge < -0.3 is 35.0 Å². The van der Waals surface area contributed by atoms with Gasteiger partial charge in [-0.25, -0.2) is 13.9 Å². The van der Waals surface area contributed by atoms with E-state index < -0.39 is 52.5 Å². The lowest BCUT2D eigenvalue weighted by atomic mass is 10.1. The van der Waals surface area contributed by atoms with Gasteiger partial charge in [0.1, 0.15) is 37.3 Å². The van der Waals surface area contributed by atoms with Gasteiger partial charge in [-0.15, -0.1) is 0 Å². The van der Waals surface area contributed by atoms with Gasteiger partial charge >= 0.3 is 21.3 Å². The van der Waals surface area contributed by atoms with Crippen LogP contribution in [0, 0.1) is 0 Å². The molecule has 1 aromatic rings. The molecule has 178 valence electrons. The van der Waals surface area contributed by atoms with E-state index in [0.29, 0.717) is 11.0 Å². The molecule has 1 aliphatic heterocycles. The number of phosphoric ester groups is 2. The number of anilines is 1. The van der Waals surface area contributed by atoms with E-state index >= 15 is 0 Å². The van der Waals surface area contributed by atoms with Crippen LogP contribution >= 0.6 is 15.6 Å². The van der Waals surface area contributed by atoms with Crippen molar-refractivity contribution in [3.63, 3.8) is 0 Å². The van der Waals surface area contributed by atoms with Crippen molar-refractivity contribution in [3.8, 4) is 0 Å². The van der Waals surface area contributed by atoms with Crippen molar-refractivity contribution in [1.29, 1.82) is 0 Å². The summed E-state index contributed by atoms with van der Waals surface area (Å²) in [5, 5.41) is 20.2. The van der Waals surface area contributed by atoms with Gasteiger partial charge in [-0.2, -0.15) is 9.29 Å². The minimum atomic E-state index is -5.11. The number of aliphatic hydroxyl groups is 2. The van der Waals surface area contributed by atoms with Crippen LogP contribution in [0.2, 0.25) is 0 Å². The molecule has 17 heteroatoms. The fourth-order valence-corrected chi connectivity index (χ4v) is 4.56. The molecule has 6 N–H and O–H groups in total. The van der Waals surface area contributed by atoms with Crippen molar-refractivity contribution in [2.45, 2.75) is 24.5 Å². The molecule has 1 fully saturated rings. The van der Waals surface area contributed by atoms with Crippen LogP contribution < -0.4 is 11.4 Å². The molecule has 2 rings (SSSR count). The summed E-state index contributed by atoms with van der Waals surface area (Å²) in [5.74, 6) is -0.0652. The van der Waals surface area contributed by atoms with Crippen LogP contribution in [-0.2, 0) is 27.2 Å². The maximum absolute atomic E-state index is 12.0. The molecule has 0 aromatic carbocycles. The molecule has 0 amide bonds. The molecule has 0 radical (unpaired) electrons. The highest BCUT2D eigenvalue weighted by Crippen LogP contribution is 2.60. The zero-order chi connectivity index (χ0) is 23.6. The van der Waals surface area contributed by atoms with E-state index in [1.807, 2.05) is 0 Å². The largest absolute Gasteiger partial charge is 0.481 e. The Labute approximate surface area is 177 Å². The van der Waals surface area contributed by atoms with Crippen molar-refractivity contribution in [2.24, 2.45) is 0 Å². The monoisotopic (exact) mass is 490 g/mol. The second-order valence-corrected chi connectivity index (χ2v) is 10.8. The van der Waals surface area contributed by atoms with E-state index in [2.05, 4.69) is 18.3 Å². The predicted octanol–water partition coefficient (Wildman–Crippen LogP) is -1.60. The minimum absolute atomic E-state index is 0.0652. The van der Waals surface area contributed by atoms with E-state index in [1.165, 1.54) is 12.3 Å². The van der Waals surface area contributed by atoms with Crippen molar-refractivity contribution in [1.82, 2.24) is 9.55 Å². The van der Waals surface area contributed by atoms with Gasteiger partial charge in [-0.3, -0.25) is 13.6 Å². The molecule has 31 heavy (non-hydrogen) atoms. The average molecular weight is 490 g/mol. The van der Waals surface area contributed by atoms with E-state index in [1.54, 1.807) is 21.1 Å². The third kappa shape index (κ3) is 7.70. The Kier molecular flexibility index (Phi) is 8.17. The summed E-state index contributed by atoms with van der Waals surface area (Å²) in [6.45, 7) is -0.746. The Bertz CT molecular complexity index is 920. The molecule has 1 aromatic heterocycles. The predicted molar refractivity (Wildman–Crippen MR) is 104 cm³/mol. The molecule has 0 bridgehead atoms. The summed E-state index contributed by atoms with van der Waals surface area (Å²) in [7, 11) is -4.64. The Morgan fingerprint density at radius 1 is 1.19 bits per heavy atom. The van der Waals surface area contributed by atoms with Crippen LogP contribution in [0.25, 0.3) is 0 Å². The Morgan fingerprint density at radius 2 is 1.81 bits per heavy atom. The summed E-state index contributed by atoms with van der Waals surface area (Å²) in [5.41, 5.74) is 4.53. The first-order valence-corrected chi connectivity index (χ1v) is 11.9. The first kappa shape index (κ1) is 26.0. The number of phosphoric acid groups is 2. The summed E-state index contributed by atoms with van der Waals surface area (Å²) < 4.78 is 43.9. The van der Waals surface area contributed by atoms with Gasteiger partial charge in [0.05, 0.1) is 27.7 Å². The number of hydrogen-bond acceptors (Lipinski definition) is 11. The molecule has 0 saturated carbocycles. The number of rotatable bonds is 10. The summed E-state index contributed by atoms with van der Waals surface area (Å²) in [6, 6.07) is 1.26. The third-order valence-electron chi connectivity index (χ3n) is 4.09. The van der Waals surface area contributed by atoms with Gasteiger partial charge in [0.15, 0.2) is 6.23 Å². The molecule has 15 nitrogen and oxygen atoms in total. The zero-order valence-electron chi connectivity index (χ0n) is 17.0. The lowest BCUT2D eigenvalue weighted by molar-refractivity contribution is -0.870. The van der Waals surface area contributed by atoms with Gasteiger partial charge in [0.25, 0.3) is 0 Å². The molecule has 6 atom stereocenters. The Hall–Kier alpha value is -1.22. The van der Waals surface area contributed by atoms with Crippen molar-refractivity contribution < 1.29 is 51.7 Å².